The van der Waals surface area contributed by atoms with Gasteiger partial charge < -0.3 is 15.0 Å². The summed E-state index contributed by atoms with van der Waals surface area (Å²) in [5.41, 5.74) is 0. The fraction of sp³-hybridized carbons (Fsp3) is 0.667. The summed E-state index contributed by atoms with van der Waals surface area (Å²) >= 11 is 0. The average Bonchev–Trinajstić information content (AvgIpc) is 2.76. The number of hydrogen-bond acceptors (Lipinski definition) is 5. The Hall–Kier alpha value is -1.47. The van der Waals surface area contributed by atoms with Crippen molar-refractivity contribution < 1.29 is 9.53 Å². The van der Waals surface area contributed by atoms with E-state index in [2.05, 4.69) is 20.5 Å². The zero-order valence-electron chi connectivity index (χ0n) is 9.56. The van der Waals surface area contributed by atoms with Crippen LogP contribution in [0.15, 0.2) is 6.33 Å². The number of likely N-dealkylation sites (N-methyl/N-ethyl adjacent to an activating group) is 1. The van der Waals surface area contributed by atoms with E-state index in [9.17, 15) is 4.79 Å². The zero-order valence-corrected chi connectivity index (χ0v) is 9.56. The molecule has 0 aliphatic heterocycles. The lowest BCUT2D eigenvalue weighted by Gasteiger charge is -2.15. The van der Waals surface area contributed by atoms with E-state index < -0.39 is 0 Å². The predicted molar refractivity (Wildman–Crippen MR) is 57.6 cm³/mol. The number of H-pyrrole nitrogens is 1. The number of carbonyl (C=O) groups excluding carboxylic acids is 1. The normalized spacial score (nSPS) is 10.4. The smallest absolute Gasteiger partial charge is 0.236 e. The number of aromatic amines is 1. The van der Waals surface area contributed by atoms with Crippen molar-refractivity contribution in [1.82, 2.24) is 25.4 Å². The number of methoxy groups -OCH3 is 1. The lowest BCUT2D eigenvalue weighted by molar-refractivity contribution is -0.129. The molecule has 1 aromatic heterocycles. The number of amides is 1. The van der Waals surface area contributed by atoms with Gasteiger partial charge >= 0.3 is 0 Å². The standard InChI is InChI=1S/C9H17N5O2/c1-14(6-8-11-7-12-13-8)9(15)5-10-3-4-16-2/h7,10H,3-6H2,1-2H3,(H,11,12,13). The summed E-state index contributed by atoms with van der Waals surface area (Å²) in [6.45, 7) is 2.00. The zero-order chi connectivity index (χ0) is 11.8. The van der Waals surface area contributed by atoms with E-state index in [0.29, 0.717) is 32.1 Å². The molecule has 90 valence electrons. The second-order valence-corrected chi connectivity index (χ2v) is 3.35. The van der Waals surface area contributed by atoms with Crippen LogP contribution in [0.3, 0.4) is 0 Å². The van der Waals surface area contributed by atoms with Crippen LogP contribution in [0.25, 0.3) is 0 Å². The van der Waals surface area contributed by atoms with E-state index in [-0.39, 0.29) is 5.91 Å². The molecule has 0 unspecified atom stereocenters. The summed E-state index contributed by atoms with van der Waals surface area (Å²) in [6.07, 6.45) is 1.42. The Morgan fingerprint density at radius 2 is 2.50 bits per heavy atom. The van der Waals surface area contributed by atoms with Gasteiger partial charge in [0.2, 0.25) is 5.91 Å². The highest BCUT2D eigenvalue weighted by atomic mass is 16.5. The number of carbonyl (C=O) groups is 1. The second kappa shape index (κ2) is 6.91. The molecule has 2 N–H and O–H groups in total. The fourth-order valence-electron chi connectivity index (χ4n) is 1.12. The summed E-state index contributed by atoms with van der Waals surface area (Å²) in [4.78, 5) is 17.1. The Labute approximate surface area is 94.2 Å². The Morgan fingerprint density at radius 1 is 1.69 bits per heavy atom. The van der Waals surface area contributed by atoms with Crippen LogP contribution in [0.2, 0.25) is 0 Å². The van der Waals surface area contributed by atoms with Gasteiger partial charge in [-0.05, 0) is 0 Å². The molecular formula is C9H17N5O2. The minimum Gasteiger partial charge on any atom is -0.383 e. The third-order valence-corrected chi connectivity index (χ3v) is 2.04. The molecule has 1 rings (SSSR count). The van der Waals surface area contributed by atoms with Gasteiger partial charge in [-0.1, -0.05) is 0 Å². The minimum atomic E-state index is 0.00695. The molecule has 16 heavy (non-hydrogen) atoms. The van der Waals surface area contributed by atoms with E-state index in [1.165, 1.54) is 6.33 Å². The predicted octanol–water partition coefficient (Wildman–Crippen LogP) is -1.00. The molecule has 0 saturated heterocycles. The van der Waals surface area contributed by atoms with E-state index >= 15 is 0 Å². The maximum Gasteiger partial charge on any atom is 0.236 e. The topological polar surface area (TPSA) is 83.1 Å². The Balaban J connectivity index is 2.20. The monoisotopic (exact) mass is 227 g/mol. The number of nitrogens with one attached hydrogen (secondary N) is 2. The molecule has 0 saturated carbocycles. The quantitative estimate of drug-likeness (QED) is 0.584. The highest BCUT2D eigenvalue weighted by Crippen LogP contribution is 1.93. The molecule has 1 aromatic rings. The summed E-state index contributed by atoms with van der Waals surface area (Å²) < 4.78 is 4.86. The molecule has 7 nitrogen and oxygen atoms in total. The Morgan fingerprint density at radius 3 is 3.12 bits per heavy atom. The van der Waals surface area contributed by atoms with Crippen LogP contribution in [-0.2, 0) is 16.1 Å². The lowest BCUT2D eigenvalue weighted by Crippen LogP contribution is -2.36. The molecule has 0 atom stereocenters. The summed E-state index contributed by atoms with van der Waals surface area (Å²) in [6, 6.07) is 0. The largest absolute Gasteiger partial charge is 0.383 e. The van der Waals surface area contributed by atoms with Gasteiger partial charge in [0.1, 0.15) is 12.2 Å². The summed E-state index contributed by atoms with van der Waals surface area (Å²) in [7, 11) is 3.35. The van der Waals surface area contributed by atoms with Crippen molar-refractivity contribution in [3.63, 3.8) is 0 Å². The molecule has 0 aromatic carbocycles. The van der Waals surface area contributed by atoms with Gasteiger partial charge in [-0.3, -0.25) is 9.89 Å². The van der Waals surface area contributed by atoms with E-state index in [0.717, 1.165) is 0 Å². The van der Waals surface area contributed by atoms with Gasteiger partial charge in [0.05, 0.1) is 19.7 Å². The first-order chi connectivity index (χ1) is 7.74. The van der Waals surface area contributed by atoms with Crippen LogP contribution >= 0.6 is 0 Å². The fourth-order valence-corrected chi connectivity index (χ4v) is 1.12. The maximum absolute atomic E-state index is 11.6. The summed E-state index contributed by atoms with van der Waals surface area (Å²) in [5.74, 6) is 0.681. The van der Waals surface area contributed by atoms with Crippen LogP contribution in [0, 0.1) is 0 Å². The molecule has 0 radical (unpaired) electrons. The van der Waals surface area contributed by atoms with E-state index in [1.807, 2.05) is 0 Å². The molecule has 0 spiro atoms. The number of hydrogen-bond donors (Lipinski definition) is 2. The van der Waals surface area contributed by atoms with Crippen molar-refractivity contribution >= 4 is 5.91 Å². The van der Waals surface area contributed by atoms with E-state index in [1.54, 1.807) is 19.1 Å². The Kier molecular flexibility index (Phi) is 5.44. The van der Waals surface area contributed by atoms with Crippen LogP contribution in [0.4, 0.5) is 0 Å². The molecule has 0 aliphatic carbocycles. The average molecular weight is 227 g/mol. The first kappa shape index (κ1) is 12.6. The molecule has 7 heteroatoms. The number of nitrogens with zero attached hydrogens (tertiary/aromatic N) is 3. The molecule has 0 bridgehead atoms. The summed E-state index contributed by atoms with van der Waals surface area (Å²) in [5, 5.41) is 9.40. The van der Waals surface area contributed by atoms with Crippen molar-refractivity contribution in [2.75, 3.05) is 33.9 Å². The molecule has 0 fully saturated rings. The lowest BCUT2D eigenvalue weighted by atomic mass is 10.4. The van der Waals surface area contributed by atoms with Crippen LogP contribution in [-0.4, -0.2) is 59.8 Å². The molecule has 0 aliphatic rings. The van der Waals surface area contributed by atoms with Crippen molar-refractivity contribution in [2.24, 2.45) is 0 Å². The van der Waals surface area contributed by atoms with Crippen LogP contribution in [0.5, 0.6) is 0 Å². The third kappa shape index (κ3) is 4.37. The van der Waals surface area contributed by atoms with Gasteiger partial charge in [0.25, 0.3) is 0 Å². The first-order valence-electron chi connectivity index (χ1n) is 5.02. The third-order valence-electron chi connectivity index (χ3n) is 2.04. The maximum atomic E-state index is 11.6. The van der Waals surface area contributed by atoms with Crippen molar-refractivity contribution in [2.45, 2.75) is 6.54 Å². The number of rotatable bonds is 7. The molecule has 1 amide bonds. The van der Waals surface area contributed by atoms with Crippen molar-refractivity contribution in [3.8, 4) is 0 Å². The SMILES string of the molecule is COCCNCC(=O)N(C)Cc1ncn[nH]1. The van der Waals surface area contributed by atoms with Gasteiger partial charge in [-0.25, -0.2) is 4.98 Å². The Bertz CT molecular complexity index is 301. The second-order valence-electron chi connectivity index (χ2n) is 3.35. The number of aromatic nitrogens is 3. The van der Waals surface area contributed by atoms with Gasteiger partial charge in [-0.15, -0.1) is 0 Å². The van der Waals surface area contributed by atoms with Gasteiger partial charge in [0.15, 0.2) is 0 Å². The van der Waals surface area contributed by atoms with E-state index in [4.69, 9.17) is 4.74 Å². The molecule has 1 heterocycles. The number of ether oxygens (including phenoxy) is 1. The molecular weight excluding hydrogens is 210 g/mol. The van der Waals surface area contributed by atoms with Crippen molar-refractivity contribution in [1.29, 1.82) is 0 Å². The minimum absolute atomic E-state index is 0.00695. The van der Waals surface area contributed by atoms with Gasteiger partial charge in [0, 0.05) is 20.7 Å². The highest BCUT2D eigenvalue weighted by Gasteiger charge is 2.09. The van der Waals surface area contributed by atoms with Crippen LogP contribution in [0.1, 0.15) is 5.82 Å². The first-order valence-corrected chi connectivity index (χ1v) is 5.02. The van der Waals surface area contributed by atoms with Crippen LogP contribution < -0.4 is 5.32 Å². The highest BCUT2D eigenvalue weighted by molar-refractivity contribution is 5.77. The van der Waals surface area contributed by atoms with Gasteiger partial charge in [-0.2, -0.15) is 5.10 Å². The van der Waals surface area contributed by atoms with Crippen molar-refractivity contribution in [3.05, 3.63) is 12.2 Å².